The van der Waals surface area contributed by atoms with Gasteiger partial charge in [0.1, 0.15) is 11.4 Å². The molecule has 0 aliphatic rings. The summed E-state index contributed by atoms with van der Waals surface area (Å²) in [6.45, 7) is 2.08. The van der Waals surface area contributed by atoms with Crippen LogP contribution >= 0.6 is 0 Å². The minimum absolute atomic E-state index is 0.0523. The molecule has 4 rings (SSSR count). The zero-order valence-corrected chi connectivity index (χ0v) is 15.7. The van der Waals surface area contributed by atoms with Gasteiger partial charge in [0.25, 0.3) is 0 Å². The Labute approximate surface area is 162 Å². The molecule has 0 amide bonds. The van der Waals surface area contributed by atoms with Gasteiger partial charge < -0.3 is 14.8 Å². The lowest BCUT2D eigenvalue weighted by Crippen LogP contribution is -2.03. The SMILES string of the molecule is COc1ccc2c(Cc3cccc(C(=O)O)n3)c(-c3ccccc3C)[nH]c2c1. The lowest BCUT2D eigenvalue weighted by Gasteiger charge is -2.08. The maximum absolute atomic E-state index is 11.3. The Morgan fingerprint density at radius 3 is 2.68 bits per heavy atom. The van der Waals surface area contributed by atoms with Crippen molar-refractivity contribution >= 4 is 16.9 Å². The minimum Gasteiger partial charge on any atom is -0.497 e. The van der Waals surface area contributed by atoms with E-state index in [0.29, 0.717) is 12.1 Å². The standard InChI is InChI=1S/C23H20N2O3/c1-14-6-3-4-8-17(14)22-19(12-15-7-5-9-20(24-15)23(26)27)18-11-10-16(28-2)13-21(18)25-22/h3-11,13,25H,12H2,1-2H3,(H,26,27). The Kier molecular flexibility index (Phi) is 4.57. The summed E-state index contributed by atoms with van der Waals surface area (Å²) < 4.78 is 5.36. The maximum Gasteiger partial charge on any atom is 0.354 e. The molecular formula is C23H20N2O3. The predicted octanol–water partition coefficient (Wildman–Crippen LogP) is 4.84. The smallest absolute Gasteiger partial charge is 0.354 e. The number of pyridine rings is 1. The van der Waals surface area contributed by atoms with Crippen molar-refractivity contribution in [2.75, 3.05) is 7.11 Å². The number of hydrogen-bond donors (Lipinski definition) is 2. The van der Waals surface area contributed by atoms with Gasteiger partial charge in [0.2, 0.25) is 0 Å². The predicted molar refractivity (Wildman–Crippen MR) is 109 cm³/mol. The van der Waals surface area contributed by atoms with E-state index in [2.05, 4.69) is 29.0 Å². The van der Waals surface area contributed by atoms with Crippen molar-refractivity contribution in [3.63, 3.8) is 0 Å². The monoisotopic (exact) mass is 372 g/mol. The molecule has 0 bridgehead atoms. The molecule has 5 heteroatoms. The summed E-state index contributed by atoms with van der Waals surface area (Å²) in [5.41, 5.74) is 6.12. The summed E-state index contributed by atoms with van der Waals surface area (Å²) in [6, 6.07) is 19.2. The van der Waals surface area contributed by atoms with Crippen LogP contribution < -0.4 is 4.74 Å². The summed E-state index contributed by atoms with van der Waals surface area (Å²) in [7, 11) is 1.65. The quantitative estimate of drug-likeness (QED) is 0.526. The molecule has 2 aromatic carbocycles. The van der Waals surface area contributed by atoms with Gasteiger partial charge in [-0.1, -0.05) is 30.3 Å². The maximum atomic E-state index is 11.3. The van der Waals surface area contributed by atoms with Crippen LogP contribution in [0.25, 0.3) is 22.2 Å². The van der Waals surface area contributed by atoms with Gasteiger partial charge in [0.05, 0.1) is 12.8 Å². The molecule has 0 saturated carbocycles. The molecule has 2 heterocycles. The van der Waals surface area contributed by atoms with Crippen molar-refractivity contribution < 1.29 is 14.6 Å². The largest absolute Gasteiger partial charge is 0.497 e. The van der Waals surface area contributed by atoms with E-state index >= 15 is 0 Å². The van der Waals surface area contributed by atoms with Gasteiger partial charge in [-0.3, -0.25) is 0 Å². The highest BCUT2D eigenvalue weighted by atomic mass is 16.5. The molecular weight excluding hydrogens is 352 g/mol. The van der Waals surface area contributed by atoms with E-state index < -0.39 is 5.97 Å². The van der Waals surface area contributed by atoms with Crippen LogP contribution in [0.5, 0.6) is 5.75 Å². The number of fused-ring (bicyclic) bond motifs is 1. The van der Waals surface area contributed by atoms with E-state index in [1.165, 1.54) is 6.07 Å². The van der Waals surface area contributed by atoms with E-state index in [4.69, 9.17) is 4.74 Å². The Morgan fingerprint density at radius 1 is 1.11 bits per heavy atom. The molecule has 2 aromatic heterocycles. The van der Waals surface area contributed by atoms with Gasteiger partial charge in [-0.2, -0.15) is 0 Å². The molecule has 0 unspecified atom stereocenters. The molecule has 140 valence electrons. The number of carboxylic acids is 1. The number of benzene rings is 2. The normalized spacial score (nSPS) is 10.9. The van der Waals surface area contributed by atoms with Crippen LogP contribution in [0.15, 0.2) is 60.7 Å². The molecule has 28 heavy (non-hydrogen) atoms. The number of carbonyl (C=O) groups is 1. The van der Waals surface area contributed by atoms with Gasteiger partial charge in [-0.05, 0) is 42.3 Å². The Bertz CT molecular complexity index is 1180. The zero-order chi connectivity index (χ0) is 19.7. The topological polar surface area (TPSA) is 75.2 Å². The van der Waals surface area contributed by atoms with E-state index in [1.54, 1.807) is 13.2 Å². The minimum atomic E-state index is -1.02. The first-order valence-corrected chi connectivity index (χ1v) is 9.00. The highest BCUT2D eigenvalue weighted by Crippen LogP contribution is 2.35. The second-order valence-corrected chi connectivity index (χ2v) is 6.70. The first kappa shape index (κ1) is 17.8. The fourth-order valence-corrected chi connectivity index (χ4v) is 3.51. The number of methoxy groups -OCH3 is 1. The van der Waals surface area contributed by atoms with Gasteiger partial charge in [-0.15, -0.1) is 0 Å². The van der Waals surface area contributed by atoms with E-state index in [0.717, 1.165) is 39.0 Å². The number of hydrogen-bond acceptors (Lipinski definition) is 3. The summed E-state index contributed by atoms with van der Waals surface area (Å²) in [4.78, 5) is 19.1. The number of carboxylic acid groups (broad SMARTS) is 1. The Morgan fingerprint density at radius 2 is 1.93 bits per heavy atom. The van der Waals surface area contributed by atoms with Crippen LogP contribution in [0.2, 0.25) is 0 Å². The molecule has 0 spiro atoms. The molecule has 0 fully saturated rings. The van der Waals surface area contributed by atoms with Crippen LogP contribution in [0.4, 0.5) is 0 Å². The highest BCUT2D eigenvalue weighted by Gasteiger charge is 2.17. The van der Waals surface area contributed by atoms with Gasteiger partial charge in [0, 0.05) is 34.6 Å². The average molecular weight is 372 g/mol. The van der Waals surface area contributed by atoms with Crippen LogP contribution in [-0.2, 0) is 6.42 Å². The highest BCUT2D eigenvalue weighted by molar-refractivity contribution is 5.92. The second kappa shape index (κ2) is 7.19. The fraction of sp³-hybridized carbons (Fsp3) is 0.130. The molecule has 0 atom stereocenters. The summed E-state index contributed by atoms with van der Waals surface area (Å²) in [5, 5.41) is 10.3. The van der Waals surface area contributed by atoms with Crippen molar-refractivity contribution in [2.24, 2.45) is 0 Å². The summed E-state index contributed by atoms with van der Waals surface area (Å²) in [5.74, 6) is -0.243. The molecule has 4 aromatic rings. The summed E-state index contributed by atoms with van der Waals surface area (Å²) in [6.07, 6.45) is 0.525. The Balaban J connectivity index is 1.90. The van der Waals surface area contributed by atoms with Crippen LogP contribution in [0, 0.1) is 6.92 Å². The number of aromatic carboxylic acids is 1. The Hall–Kier alpha value is -3.60. The van der Waals surface area contributed by atoms with Gasteiger partial charge >= 0.3 is 5.97 Å². The van der Waals surface area contributed by atoms with Crippen LogP contribution in [0.3, 0.4) is 0 Å². The van der Waals surface area contributed by atoms with Crippen molar-refractivity contribution in [1.82, 2.24) is 9.97 Å². The molecule has 2 N–H and O–H groups in total. The molecule has 0 saturated heterocycles. The molecule has 5 nitrogen and oxygen atoms in total. The number of nitrogens with zero attached hydrogens (tertiary/aromatic N) is 1. The second-order valence-electron chi connectivity index (χ2n) is 6.70. The third kappa shape index (κ3) is 3.22. The number of aryl methyl sites for hydroxylation is 1. The number of rotatable bonds is 5. The number of H-pyrrole nitrogens is 1. The number of aromatic nitrogens is 2. The third-order valence-corrected chi connectivity index (χ3v) is 4.91. The van der Waals surface area contributed by atoms with Gasteiger partial charge in [-0.25, -0.2) is 9.78 Å². The van der Waals surface area contributed by atoms with E-state index in [1.807, 2.05) is 36.4 Å². The fourth-order valence-electron chi connectivity index (χ4n) is 3.51. The number of aromatic amines is 1. The van der Waals surface area contributed by atoms with Gasteiger partial charge in [0.15, 0.2) is 0 Å². The molecule has 0 aliphatic carbocycles. The first-order valence-electron chi connectivity index (χ1n) is 9.00. The van der Waals surface area contributed by atoms with Crippen molar-refractivity contribution in [3.05, 3.63) is 83.2 Å². The summed E-state index contributed by atoms with van der Waals surface area (Å²) >= 11 is 0. The van der Waals surface area contributed by atoms with Crippen LogP contribution in [0.1, 0.15) is 27.3 Å². The van der Waals surface area contributed by atoms with Crippen molar-refractivity contribution in [1.29, 1.82) is 0 Å². The third-order valence-electron chi connectivity index (χ3n) is 4.91. The van der Waals surface area contributed by atoms with E-state index in [-0.39, 0.29) is 5.69 Å². The number of ether oxygens (including phenoxy) is 1. The van der Waals surface area contributed by atoms with Crippen molar-refractivity contribution in [2.45, 2.75) is 13.3 Å². The zero-order valence-electron chi connectivity index (χ0n) is 15.7. The van der Waals surface area contributed by atoms with Crippen LogP contribution in [-0.4, -0.2) is 28.2 Å². The molecule has 0 radical (unpaired) electrons. The van der Waals surface area contributed by atoms with Crippen molar-refractivity contribution in [3.8, 4) is 17.0 Å². The lowest BCUT2D eigenvalue weighted by molar-refractivity contribution is 0.0690. The van der Waals surface area contributed by atoms with E-state index in [9.17, 15) is 9.90 Å². The average Bonchev–Trinajstić information content (AvgIpc) is 3.05. The lowest BCUT2D eigenvalue weighted by atomic mass is 9.98. The first-order chi connectivity index (χ1) is 13.6. The molecule has 0 aliphatic heterocycles. The number of nitrogens with one attached hydrogen (secondary N) is 1.